The first-order valence-electron chi connectivity index (χ1n) is 12.0. The summed E-state index contributed by atoms with van der Waals surface area (Å²) in [5.41, 5.74) is 3.04. The summed E-state index contributed by atoms with van der Waals surface area (Å²) in [7, 11) is 0. The van der Waals surface area contributed by atoms with Gasteiger partial charge in [0.25, 0.3) is 0 Å². The van der Waals surface area contributed by atoms with Gasteiger partial charge in [-0.3, -0.25) is 0 Å². The van der Waals surface area contributed by atoms with Crippen molar-refractivity contribution in [2.75, 3.05) is 0 Å². The van der Waals surface area contributed by atoms with E-state index < -0.39 is 5.60 Å². The summed E-state index contributed by atoms with van der Waals surface area (Å²) in [6.45, 7) is 11.3. The van der Waals surface area contributed by atoms with Crippen molar-refractivity contribution in [2.24, 2.45) is 34.5 Å². The number of ether oxygens (including phenoxy) is 1. The number of allylic oxidation sites excluding steroid dienone is 3. The number of hydrogen-bond donors (Lipinski definition) is 2. The average molecular weight is 401 g/mol. The molecule has 3 saturated carbocycles. The summed E-state index contributed by atoms with van der Waals surface area (Å²) in [4.78, 5) is 0. The number of aliphatic hydroxyl groups is 2. The first kappa shape index (κ1) is 20.3. The molecule has 4 fully saturated rings. The molecule has 0 spiro atoms. The first-order valence-corrected chi connectivity index (χ1v) is 12.0. The molecule has 0 radical (unpaired) electrons. The Hall–Kier alpha value is -0.640. The maximum atomic E-state index is 10.4. The molecule has 0 aromatic carbocycles. The third-order valence-electron chi connectivity index (χ3n) is 9.90. The van der Waals surface area contributed by atoms with Crippen LogP contribution in [-0.4, -0.2) is 34.1 Å². The van der Waals surface area contributed by atoms with Crippen LogP contribution >= 0.6 is 0 Å². The van der Waals surface area contributed by atoms with Gasteiger partial charge in [0.05, 0.1) is 17.8 Å². The lowest BCUT2D eigenvalue weighted by molar-refractivity contribution is 0.0279. The van der Waals surface area contributed by atoms with Gasteiger partial charge in [0, 0.05) is 5.41 Å². The highest BCUT2D eigenvalue weighted by Gasteiger charge is 2.66. The van der Waals surface area contributed by atoms with Crippen LogP contribution in [0.1, 0.15) is 79.6 Å². The topological polar surface area (TPSA) is 53.0 Å². The Bertz CT molecular complexity index is 746. The van der Waals surface area contributed by atoms with E-state index >= 15 is 0 Å². The van der Waals surface area contributed by atoms with Gasteiger partial charge in [0.1, 0.15) is 6.10 Å². The molecule has 1 aliphatic heterocycles. The van der Waals surface area contributed by atoms with E-state index in [2.05, 4.69) is 32.9 Å². The monoisotopic (exact) mass is 400 g/mol. The van der Waals surface area contributed by atoms with Crippen LogP contribution in [0.4, 0.5) is 0 Å². The van der Waals surface area contributed by atoms with Gasteiger partial charge in [-0.2, -0.15) is 0 Å². The molecule has 0 aromatic heterocycles. The molecule has 162 valence electrons. The van der Waals surface area contributed by atoms with Gasteiger partial charge in [0.15, 0.2) is 0 Å². The number of rotatable bonds is 4. The zero-order chi connectivity index (χ0) is 20.8. The maximum Gasteiger partial charge on any atom is 0.111 e. The van der Waals surface area contributed by atoms with E-state index in [1.165, 1.54) is 31.3 Å². The minimum atomic E-state index is -0.557. The number of fused-ring (bicyclic) bond motifs is 7. The van der Waals surface area contributed by atoms with Crippen LogP contribution < -0.4 is 0 Å². The molecule has 3 nitrogen and oxygen atoms in total. The molecule has 3 heteroatoms. The predicted molar refractivity (Wildman–Crippen MR) is 115 cm³/mol. The van der Waals surface area contributed by atoms with Crippen LogP contribution in [-0.2, 0) is 4.74 Å². The second-order valence-corrected chi connectivity index (χ2v) is 12.1. The van der Waals surface area contributed by atoms with E-state index in [9.17, 15) is 10.2 Å². The van der Waals surface area contributed by atoms with Crippen LogP contribution in [0.25, 0.3) is 0 Å². The number of hydrogen-bond acceptors (Lipinski definition) is 3. The van der Waals surface area contributed by atoms with Gasteiger partial charge in [-0.15, -0.1) is 0 Å². The third kappa shape index (κ3) is 2.94. The lowest BCUT2D eigenvalue weighted by atomic mass is 9.50. The minimum absolute atomic E-state index is 0.0722. The van der Waals surface area contributed by atoms with Crippen molar-refractivity contribution in [3.05, 3.63) is 23.3 Å². The van der Waals surface area contributed by atoms with Gasteiger partial charge >= 0.3 is 0 Å². The van der Waals surface area contributed by atoms with Gasteiger partial charge < -0.3 is 14.9 Å². The highest BCUT2D eigenvalue weighted by atomic mass is 16.6. The molecule has 9 atom stereocenters. The fraction of sp³-hybridized carbons (Fsp3) is 0.846. The van der Waals surface area contributed by atoms with Crippen molar-refractivity contribution in [1.82, 2.24) is 0 Å². The molecule has 29 heavy (non-hydrogen) atoms. The van der Waals surface area contributed by atoms with Crippen LogP contribution in [0.3, 0.4) is 0 Å². The molecular formula is C26H40O3. The molecule has 1 heterocycles. The van der Waals surface area contributed by atoms with E-state index in [-0.39, 0.29) is 23.7 Å². The molecule has 0 bridgehead atoms. The van der Waals surface area contributed by atoms with Crippen molar-refractivity contribution < 1.29 is 14.9 Å². The molecular weight excluding hydrogens is 360 g/mol. The summed E-state index contributed by atoms with van der Waals surface area (Å²) in [5.74, 6) is 2.70. The highest BCUT2D eigenvalue weighted by Crippen LogP contribution is 2.68. The smallest absolute Gasteiger partial charge is 0.111 e. The van der Waals surface area contributed by atoms with Gasteiger partial charge in [0.2, 0.25) is 0 Å². The Morgan fingerprint density at radius 2 is 1.93 bits per heavy atom. The second-order valence-electron chi connectivity index (χ2n) is 12.1. The van der Waals surface area contributed by atoms with Crippen LogP contribution in [0.5, 0.6) is 0 Å². The molecule has 5 rings (SSSR count). The molecule has 2 N–H and O–H groups in total. The lowest BCUT2D eigenvalue weighted by Gasteiger charge is -2.54. The van der Waals surface area contributed by atoms with Crippen molar-refractivity contribution in [3.8, 4) is 0 Å². The quantitative estimate of drug-likeness (QED) is 0.652. The summed E-state index contributed by atoms with van der Waals surface area (Å²) < 4.78 is 6.03. The summed E-state index contributed by atoms with van der Waals surface area (Å²) in [5, 5.41) is 20.6. The minimum Gasteiger partial charge on any atom is -0.390 e. The summed E-state index contributed by atoms with van der Waals surface area (Å²) >= 11 is 0. The highest BCUT2D eigenvalue weighted by molar-refractivity contribution is 5.42. The zero-order valence-electron chi connectivity index (χ0n) is 18.9. The summed E-state index contributed by atoms with van der Waals surface area (Å²) in [6.07, 6.45) is 12.8. The van der Waals surface area contributed by atoms with Crippen LogP contribution in [0.15, 0.2) is 23.3 Å². The van der Waals surface area contributed by atoms with Crippen molar-refractivity contribution in [1.29, 1.82) is 0 Å². The van der Waals surface area contributed by atoms with Crippen molar-refractivity contribution >= 4 is 0 Å². The Morgan fingerprint density at radius 1 is 1.17 bits per heavy atom. The maximum absolute atomic E-state index is 10.4. The van der Waals surface area contributed by atoms with Crippen LogP contribution in [0, 0.1) is 34.5 Å². The van der Waals surface area contributed by atoms with E-state index in [1.807, 2.05) is 13.8 Å². The predicted octanol–water partition coefficient (Wildman–Crippen LogP) is 5.02. The Balaban J connectivity index is 1.40. The van der Waals surface area contributed by atoms with Gasteiger partial charge in [-0.05, 0) is 87.9 Å². The Kier molecular flexibility index (Phi) is 4.50. The van der Waals surface area contributed by atoms with Crippen LogP contribution in [0.2, 0.25) is 0 Å². The second kappa shape index (κ2) is 6.43. The number of epoxide rings is 1. The summed E-state index contributed by atoms with van der Waals surface area (Å²) in [6, 6.07) is 0. The van der Waals surface area contributed by atoms with E-state index in [4.69, 9.17) is 4.74 Å². The zero-order valence-corrected chi connectivity index (χ0v) is 18.9. The molecule has 4 aliphatic carbocycles. The number of aliphatic hydroxyl groups excluding tert-OH is 1. The SMILES string of the molecule is C[C@H](CCC(C)(C)O)[C@H]1CC[C@H]2C3=CC=C4C[C@@H](O)[C@@H]5O[C@@H]5[C@]4(C)C3CC[C@]12C. The molecule has 0 aromatic rings. The normalized spacial score (nSPS) is 49.2. The van der Waals surface area contributed by atoms with Gasteiger partial charge in [-0.25, -0.2) is 0 Å². The third-order valence-corrected chi connectivity index (χ3v) is 9.90. The molecule has 1 saturated heterocycles. The molecule has 1 unspecified atom stereocenters. The fourth-order valence-corrected chi connectivity index (χ4v) is 8.14. The molecule has 5 aliphatic rings. The first-order chi connectivity index (χ1) is 13.6. The Morgan fingerprint density at radius 3 is 2.66 bits per heavy atom. The van der Waals surface area contributed by atoms with E-state index in [1.54, 1.807) is 5.57 Å². The van der Waals surface area contributed by atoms with Gasteiger partial charge in [-0.1, -0.05) is 44.1 Å². The molecule has 0 amide bonds. The Labute approximate surface area is 176 Å². The lowest BCUT2D eigenvalue weighted by Crippen LogP contribution is -2.49. The van der Waals surface area contributed by atoms with Crippen molar-refractivity contribution in [2.45, 2.75) is 103 Å². The van der Waals surface area contributed by atoms with E-state index in [0.29, 0.717) is 23.2 Å². The fourth-order valence-electron chi connectivity index (χ4n) is 8.14. The average Bonchev–Trinajstić information content (AvgIpc) is 3.38. The van der Waals surface area contributed by atoms with E-state index in [0.717, 1.165) is 25.2 Å². The standard InChI is InChI=1S/C26H40O3/c1-15(10-12-24(2,3)28)18-8-9-19-17-7-6-16-14-21(27)22-23(29-22)26(16,5)20(17)11-13-25(18,19)4/h6-7,15,18-23,27-28H,8-14H2,1-5H3/t15-,18-,19+,20?,21-,22+,23+,25-,26+/m1/s1. The largest absolute Gasteiger partial charge is 0.390 e. The van der Waals surface area contributed by atoms with Crippen molar-refractivity contribution in [3.63, 3.8) is 0 Å².